The number of benzene rings is 3. The van der Waals surface area contributed by atoms with E-state index < -0.39 is 52.4 Å². The molecule has 0 aliphatic carbocycles. The summed E-state index contributed by atoms with van der Waals surface area (Å²) >= 11 is 6.26. The predicted octanol–water partition coefficient (Wildman–Crippen LogP) is 5.56. The normalized spacial score (nSPS) is 15.0. The number of carbonyl (C=O) groups is 2. The zero-order valence-corrected chi connectivity index (χ0v) is 19.0. The lowest BCUT2D eigenvalue weighted by Gasteiger charge is -2.19. The van der Waals surface area contributed by atoms with Gasteiger partial charge in [-0.15, -0.1) is 0 Å². The zero-order chi connectivity index (χ0) is 26.6. The van der Waals surface area contributed by atoms with Crippen molar-refractivity contribution < 1.29 is 31.5 Å². The third-order valence-electron chi connectivity index (χ3n) is 5.91. The lowest BCUT2D eigenvalue weighted by Crippen LogP contribution is -2.21. The maximum atomic E-state index is 14.1. The standard InChI is InChI=1S/C25H13ClF5N3O3/c26-17-2-1-12(27)8-16(17)21-20-18(9-15-14(3-4-32-23(15)36)19(20)24(37)34-21)33-22(35)10-5-11(25(29,30)31)7-13(28)6-10/h1-9,21H,(H,32,36)(H,33,35)(H,34,37). The third kappa shape index (κ3) is 4.31. The minimum absolute atomic E-state index is 0.00656. The molecule has 1 atom stereocenters. The maximum Gasteiger partial charge on any atom is 0.416 e. The van der Waals surface area contributed by atoms with Crippen LogP contribution < -0.4 is 16.2 Å². The van der Waals surface area contributed by atoms with Crippen molar-refractivity contribution in [3.8, 4) is 0 Å². The van der Waals surface area contributed by atoms with Gasteiger partial charge < -0.3 is 15.6 Å². The fraction of sp³-hybridized carbons (Fsp3) is 0.0800. The molecular weight excluding hydrogens is 521 g/mol. The fourth-order valence-electron chi connectivity index (χ4n) is 4.32. The summed E-state index contributed by atoms with van der Waals surface area (Å²) in [4.78, 5) is 41.0. The number of alkyl halides is 3. The van der Waals surface area contributed by atoms with Gasteiger partial charge in [-0.05, 0) is 48.5 Å². The lowest BCUT2D eigenvalue weighted by molar-refractivity contribution is -0.137. The van der Waals surface area contributed by atoms with Crippen molar-refractivity contribution in [1.82, 2.24) is 10.3 Å². The van der Waals surface area contributed by atoms with Crippen LogP contribution in [0.4, 0.5) is 27.6 Å². The highest BCUT2D eigenvalue weighted by Gasteiger charge is 2.37. The van der Waals surface area contributed by atoms with Crippen molar-refractivity contribution >= 4 is 39.9 Å². The van der Waals surface area contributed by atoms with Gasteiger partial charge >= 0.3 is 6.18 Å². The molecule has 0 saturated heterocycles. The Morgan fingerprint density at radius 1 is 0.946 bits per heavy atom. The molecule has 12 heteroatoms. The Kier molecular flexibility index (Phi) is 5.75. The Morgan fingerprint density at radius 2 is 1.70 bits per heavy atom. The summed E-state index contributed by atoms with van der Waals surface area (Å²) < 4.78 is 67.5. The van der Waals surface area contributed by atoms with Crippen LogP contribution >= 0.6 is 11.6 Å². The minimum Gasteiger partial charge on any atom is -0.341 e. The Morgan fingerprint density at radius 3 is 2.43 bits per heavy atom. The number of anilines is 1. The lowest BCUT2D eigenvalue weighted by atomic mass is 9.92. The Bertz CT molecular complexity index is 1680. The molecule has 0 radical (unpaired) electrons. The van der Waals surface area contributed by atoms with Crippen LogP contribution in [0.1, 0.15) is 43.4 Å². The van der Waals surface area contributed by atoms with Gasteiger partial charge in [0, 0.05) is 44.4 Å². The average Bonchev–Trinajstić information content (AvgIpc) is 3.18. The smallest absolute Gasteiger partial charge is 0.341 e. The summed E-state index contributed by atoms with van der Waals surface area (Å²) in [6.07, 6.45) is -3.60. The molecular formula is C25H13ClF5N3O3. The van der Waals surface area contributed by atoms with Gasteiger partial charge in [0.2, 0.25) is 0 Å². The molecule has 3 N–H and O–H groups in total. The molecule has 0 fully saturated rings. The van der Waals surface area contributed by atoms with E-state index in [0.717, 1.165) is 12.1 Å². The second-order valence-electron chi connectivity index (χ2n) is 8.23. The second kappa shape index (κ2) is 8.70. The number of aromatic nitrogens is 1. The molecule has 5 rings (SSSR count). The molecule has 1 unspecified atom stereocenters. The number of aromatic amines is 1. The van der Waals surface area contributed by atoms with E-state index in [-0.39, 0.29) is 44.2 Å². The SMILES string of the molecule is O=C(Nc1cc2c(=O)[nH]ccc2c2c1C(c1cc(F)ccc1Cl)NC2=O)c1cc(F)cc(C(F)(F)F)c1. The molecule has 1 aliphatic heterocycles. The summed E-state index contributed by atoms with van der Waals surface area (Å²) in [6.45, 7) is 0. The highest BCUT2D eigenvalue weighted by molar-refractivity contribution is 6.31. The molecule has 0 saturated carbocycles. The van der Waals surface area contributed by atoms with E-state index in [0.29, 0.717) is 12.1 Å². The van der Waals surface area contributed by atoms with E-state index in [4.69, 9.17) is 11.6 Å². The molecule has 1 aromatic heterocycles. The van der Waals surface area contributed by atoms with E-state index >= 15 is 0 Å². The van der Waals surface area contributed by atoms with Crippen molar-refractivity contribution in [2.24, 2.45) is 0 Å². The number of amides is 2. The zero-order valence-electron chi connectivity index (χ0n) is 18.3. The van der Waals surface area contributed by atoms with Gasteiger partial charge in [0.05, 0.1) is 17.2 Å². The number of rotatable bonds is 3. The van der Waals surface area contributed by atoms with E-state index in [1.54, 1.807) is 0 Å². The maximum absolute atomic E-state index is 14.1. The first-order chi connectivity index (χ1) is 17.4. The highest BCUT2D eigenvalue weighted by Crippen LogP contribution is 2.42. The molecule has 4 aromatic rings. The largest absolute Gasteiger partial charge is 0.416 e. The van der Waals surface area contributed by atoms with E-state index in [1.807, 2.05) is 0 Å². The molecule has 0 spiro atoms. The van der Waals surface area contributed by atoms with Gasteiger partial charge in [-0.3, -0.25) is 14.4 Å². The average molecular weight is 534 g/mol. The first kappa shape index (κ1) is 24.4. The quantitative estimate of drug-likeness (QED) is 0.301. The van der Waals surface area contributed by atoms with Crippen LogP contribution in [0.25, 0.3) is 10.8 Å². The molecule has 188 valence electrons. The summed E-state index contributed by atoms with van der Waals surface area (Å²) in [5, 5.41) is 5.32. The topological polar surface area (TPSA) is 91.1 Å². The van der Waals surface area contributed by atoms with Crippen LogP contribution in [0.15, 0.2) is 59.5 Å². The minimum atomic E-state index is -4.91. The summed E-state index contributed by atoms with van der Waals surface area (Å²) in [7, 11) is 0. The van der Waals surface area contributed by atoms with E-state index in [2.05, 4.69) is 15.6 Å². The van der Waals surface area contributed by atoms with E-state index in [1.165, 1.54) is 24.4 Å². The molecule has 2 heterocycles. The predicted molar refractivity (Wildman–Crippen MR) is 125 cm³/mol. The Balaban J connectivity index is 1.71. The monoisotopic (exact) mass is 533 g/mol. The van der Waals surface area contributed by atoms with Gasteiger partial charge in [0.15, 0.2) is 0 Å². The number of nitrogens with one attached hydrogen (secondary N) is 3. The number of hydrogen-bond donors (Lipinski definition) is 3. The Hall–Kier alpha value is -4.25. The number of fused-ring (bicyclic) bond motifs is 3. The van der Waals surface area contributed by atoms with Crippen LogP contribution in [0.5, 0.6) is 0 Å². The first-order valence-corrected chi connectivity index (χ1v) is 10.9. The molecule has 37 heavy (non-hydrogen) atoms. The van der Waals surface area contributed by atoms with Crippen molar-refractivity contribution in [2.45, 2.75) is 12.2 Å². The summed E-state index contributed by atoms with van der Waals surface area (Å²) in [6, 6.07) is 6.39. The van der Waals surface area contributed by atoms with Crippen LogP contribution in [0.3, 0.4) is 0 Å². The second-order valence-corrected chi connectivity index (χ2v) is 8.64. The molecule has 1 aliphatic rings. The summed E-state index contributed by atoms with van der Waals surface area (Å²) in [5.41, 5.74) is -2.54. The van der Waals surface area contributed by atoms with Crippen LogP contribution in [0, 0.1) is 11.6 Å². The van der Waals surface area contributed by atoms with Gasteiger partial charge in [-0.2, -0.15) is 13.2 Å². The number of hydrogen-bond acceptors (Lipinski definition) is 3. The van der Waals surface area contributed by atoms with Crippen LogP contribution in [0.2, 0.25) is 5.02 Å². The van der Waals surface area contributed by atoms with Gasteiger partial charge in [0.25, 0.3) is 17.4 Å². The summed E-state index contributed by atoms with van der Waals surface area (Å²) in [5.74, 6) is -3.75. The van der Waals surface area contributed by atoms with Crippen molar-refractivity contribution in [3.05, 3.63) is 110 Å². The van der Waals surface area contributed by atoms with Gasteiger partial charge in [-0.25, -0.2) is 8.78 Å². The first-order valence-electron chi connectivity index (χ1n) is 10.6. The van der Waals surface area contributed by atoms with Crippen molar-refractivity contribution in [2.75, 3.05) is 5.32 Å². The molecule has 2 amide bonds. The molecule has 3 aromatic carbocycles. The van der Waals surface area contributed by atoms with E-state index in [9.17, 15) is 36.3 Å². The molecule has 0 bridgehead atoms. The van der Waals surface area contributed by atoms with Crippen LogP contribution in [-0.2, 0) is 6.18 Å². The van der Waals surface area contributed by atoms with Crippen molar-refractivity contribution in [3.63, 3.8) is 0 Å². The number of carbonyl (C=O) groups excluding carboxylic acids is 2. The number of pyridine rings is 1. The third-order valence-corrected chi connectivity index (χ3v) is 6.26. The van der Waals surface area contributed by atoms with Crippen molar-refractivity contribution in [1.29, 1.82) is 0 Å². The fourth-order valence-corrected chi connectivity index (χ4v) is 4.55. The van der Waals surface area contributed by atoms with Gasteiger partial charge in [-0.1, -0.05) is 11.6 Å². The van der Waals surface area contributed by atoms with Crippen LogP contribution in [-0.4, -0.2) is 16.8 Å². The Labute approximate surface area is 209 Å². The number of H-pyrrole nitrogens is 1. The highest BCUT2D eigenvalue weighted by atomic mass is 35.5. The number of halogens is 6. The molecule has 6 nitrogen and oxygen atoms in total. The van der Waals surface area contributed by atoms with Gasteiger partial charge in [0.1, 0.15) is 11.6 Å².